The maximum atomic E-state index is 3.44. The lowest BCUT2D eigenvalue weighted by Gasteiger charge is -2.28. The number of benzene rings is 1. The maximum Gasteiger partial charge on any atom is 0.0414 e. The van der Waals surface area contributed by atoms with Crippen LogP contribution in [0.3, 0.4) is 0 Å². The van der Waals surface area contributed by atoms with Gasteiger partial charge in [0, 0.05) is 24.8 Å². The SMILES string of the molecule is CCC(NC)c1ccccc1N1CCCCCC1. The summed E-state index contributed by atoms with van der Waals surface area (Å²) in [7, 11) is 2.06. The Hall–Kier alpha value is -1.02. The average molecular weight is 246 g/mol. The molecule has 0 aromatic heterocycles. The molecule has 0 bridgehead atoms. The highest BCUT2D eigenvalue weighted by molar-refractivity contribution is 5.55. The first-order valence-corrected chi connectivity index (χ1v) is 7.38. The second kappa shape index (κ2) is 6.79. The Bertz CT molecular complexity index is 350. The van der Waals surface area contributed by atoms with Crippen LogP contribution in [0.2, 0.25) is 0 Å². The van der Waals surface area contributed by atoms with E-state index in [0.717, 1.165) is 6.42 Å². The molecule has 0 spiro atoms. The van der Waals surface area contributed by atoms with Crippen molar-refractivity contribution >= 4 is 5.69 Å². The molecule has 2 nitrogen and oxygen atoms in total. The molecule has 0 saturated carbocycles. The Balaban J connectivity index is 2.25. The highest BCUT2D eigenvalue weighted by Crippen LogP contribution is 2.29. The zero-order chi connectivity index (χ0) is 12.8. The topological polar surface area (TPSA) is 15.3 Å². The largest absolute Gasteiger partial charge is 0.371 e. The van der Waals surface area contributed by atoms with Crippen LogP contribution in [-0.4, -0.2) is 20.1 Å². The summed E-state index contributed by atoms with van der Waals surface area (Å²) >= 11 is 0. The van der Waals surface area contributed by atoms with Crippen LogP contribution >= 0.6 is 0 Å². The van der Waals surface area contributed by atoms with E-state index in [4.69, 9.17) is 0 Å². The number of rotatable bonds is 4. The lowest BCUT2D eigenvalue weighted by molar-refractivity contribution is 0.574. The number of hydrogen-bond acceptors (Lipinski definition) is 2. The third kappa shape index (κ3) is 3.05. The molecule has 1 saturated heterocycles. The van der Waals surface area contributed by atoms with Gasteiger partial charge in [-0.25, -0.2) is 0 Å². The molecule has 1 unspecified atom stereocenters. The van der Waals surface area contributed by atoms with Gasteiger partial charge >= 0.3 is 0 Å². The molecule has 1 aliphatic heterocycles. The molecule has 1 fully saturated rings. The first-order valence-electron chi connectivity index (χ1n) is 7.38. The maximum absolute atomic E-state index is 3.44. The summed E-state index contributed by atoms with van der Waals surface area (Å²) < 4.78 is 0. The fraction of sp³-hybridized carbons (Fsp3) is 0.625. The zero-order valence-electron chi connectivity index (χ0n) is 11.8. The lowest BCUT2D eigenvalue weighted by atomic mass is 10.0. The van der Waals surface area contributed by atoms with Crippen molar-refractivity contribution in [1.82, 2.24) is 5.32 Å². The fourth-order valence-corrected chi connectivity index (χ4v) is 2.96. The van der Waals surface area contributed by atoms with Crippen LogP contribution in [-0.2, 0) is 0 Å². The van der Waals surface area contributed by atoms with E-state index in [1.807, 2.05) is 0 Å². The van der Waals surface area contributed by atoms with Crippen LogP contribution < -0.4 is 10.2 Å². The van der Waals surface area contributed by atoms with Gasteiger partial charge in [0.15, 0.2) is 0 Å². The first-order chi connectivity index (χ1) is 8.86. The van der Waals surface area contributed by atoms with E-state index in [1.165, 1.54) is 50.0 Å². The zero-order valence-corrected chi connectivity index (χ0v) is 11.8. The molecular formula is C16H26N2. The summed E-state index contributed by atoms with van der Waals surface area (Å²) in [5.74, 6) is 0. The van der Waals surface area contributed by atoms with E-state index in [-0.39, 0.29) is 0 Å². The molecule has 1 aromatic carbocycles. The van der Waals surface area contributed by atoms with Crippen LogP contribution in [0.1, 0.15) is 50.6 Å². The van der Waals surface area contributed by atoms with Crippen molar-refractivity contribution in [1.29, 1.82) is 0 Å². The molecule has 100 valence electrons. The van der Waals surface area contributed by atoms with E-state index in [0.29, 0.717) is 6.04 Å². The van der Waals surface area contributed by atoms with Gasteiger partial charge in [0.05, 0.1) is 0 Å². The summed E-state index contributed by atoms with van der Waals surface area (Å²) in [6.45, 7) is 4.69. The van der Waals surface area contributed by atoms with E-state index in [1.54, 1.807) is 0 Å². The van der Waals surface area contributed by atoms with Crippen molar-refractivity contribution < 1.29 is 0 Å². The molecule has 1 heterocycles. The highest BCUT2D eigenvalue weighted by atomic mass is 15.1. The molecule has 18 heavy (non-hydrogen) atoms. The van der Waals surface area contributed by atoms with Crippen LogP contribution in [0.25, 0.3) is 0 Å². The lowest BCUT2D eigenvalue weighted by Crippen LogP contribution is -2.27. The van der Waals surface area contributed by atoms with E-state index >= 15 is 0 Å². The van der Waals surface area contributed by atoms with E-state index in [2.05, 4.69) is 48.5 Å². The minimum Gasteiger partial charge on any atom is -0.371 e. The first kappa shape index (κ1) is 13.4. The summed E-state index contributed by atoms with van der Waals surface area (Å²) in [6.07, 6.45) is 6.60. The van der Waals surface area contributed by atoms with Crippen LogP contribution in [0.5, 0.6) is 0 Å². The molecule has 0 amide bonds. The minimum absolute atomic E-state index is 0.476. The fourth-order valence-electron chi connectivity index (χ4n) is 2.96. The Morgan fingerprint density at radius 1 is 1.11 bits per heavy atom. The van der Waals surface area contributed by atoms with Crippen molar-refractivity contribution in [3.05, 3.63) is 29.8 Å². The van der Waals surface area contributed by atoms with Gasteiger partial charge in [-0.2, -0.15) is 0 Å². The van der Waals surface area contributed by atoms with Crippen molar-refractivity contribution in [3.63, 3.8) is 0 Å². The molecule has 2 rings (SSSR count). The molecule has 2 heteroatoms. The number of hydrogen-bond donors (Lipinski definition) is 1. The predicted molar refractivity (Wildman–Crippen MR) is 79.2 cm³/mol. The smallest absolute Gasteiger partial charge is 0.0414 e. The minimum atomic E-state index is 0.476. The van der Waals surface area contributed by atoms with E-state index in [9.17, 15) is 0 Å². The van der Waals surface area contributed by atoms with Crippen molar-refractivity contribution in [2.75, 3.05) is 25.0 Å². The van der Waals surface area contributed by atoms with Gasteiger partial charge in [-0.3, -0.25) is 0 Å². The summed E-state index contributed by atoms with van der Waals surface area (Å²) in [5.41, 5.74) is 2.91. The predicted octanol–water partition coefficient (Wildman–Crippen LogP) is 3.74. The van der Waals surface area contributed by atoms with Crippen molar-refractivity contribution in [2.45, 2.75) is 45.1 Å². The molecule has 1 aliphatic rings. The number of para-hydroxylation sites is 1. The monoisotopic (exact) mass is 246 g/mol. The summed E-state index contributed by atoms with van der Waals surface area (Å²) in [5, 5.41) is 3.44. The van der Waals surface area contributed by atoms with Crippen LogP contribution in [0.15, 0.2) is 24.3 Å². The second-order valence-electron chi connectivity index (χ2n) is 5.21. The van der Waals surface area contributed by atoms with Gasteiger partial charge in [0.1, 0.15) is 0 Å². The quantitative estimate of drug-likeness (QED) is 0.870. The number of nitrogens with one attached hydrogen (secondary N) is 1. The number of anilines is 1. The van der Waals surface area contributed by atoms with Crippen molar-refractivity contribution in [3.8, 4) is 0 Å². The normalized spacial score (nSPS) is 18.4. The van der Waals surface area contributed by atoms with Gasteiger partial charge in [0.2, 0.25) is 0 Å². The Kier molecular flexibility index (Phi) is 5.06. The third-order valence-electron chi connectivity index (χ3n) is 4.02. The van der Waals surface area contributed by atoms with Gasteiger partial charge in [-0.1, -0.05) is 38.0 Å². The van der Waals surface area contributed by atoms with Gasteiger partial charge < -0.3 is 10.2 Å². The van der Waals surface area contributed by atoms with Crippen LogP contribution in [0.4, 0.5) is 5.69 Å². The van der Waals surface area contributed by atoms with Crippen LogP contribution in [0, 0.1) is 0 Å². The molecule has 0 aliphatic carbocycles. The Labute approximate surface area is 111 Å². The Morgan fingerprint density at radius 2 is 1.78 bits per heavy atom. The summed E-state index contributed by atoms with van der Waals surface area (Å²) in [4.78, 5) is 2.59. The second-order valence-corrected chi connectivity index (χ2v) is 5.21. The number of nitrogens with zero attached hydrogens (tertiary/aromatic N) is 1. The van der Waals surface area contributed by atoms with Gasteiger partial charge in [0.25, 0.3) is 0 Å². The van der Waals surface area contributed by atoms with E-state index < -0.39 is 0 Å². The molecule has 1 N–H and O–H groups in total. The molecule has 0 radical (unpaired) electrons. The van der Waals surface area contributed by atoms with Gasteiger partial charge in [-0.05, 0) is 37.9 Å². The summed E-state index contributed by atoms with van der Waals surface area (Å²) in [6, 6.07) is 9.39. The molecule has 1 atom stereocenters. The average Bonchev–Trinajstić information content (AvgIpc) is 2.70. The highest BCUT2D eigenvalue weighted by Gasteiger charge is 2.17. The standard InChI is InChI=1S/C16H26N2/c1-3-15(17-2)14-10-6-7-11-16(14)18-12-8-4-5-9-13-18/h6-7,10-11,15,17H,3-5,8-9,12-13H2,1-2H3. The van der Waals surface area contributed by atoms with Gasteiger partial charge in [-0.15, -0.1) is 0 Å². The van der Waals surface area contributed by atoms with Crippen molar-refractivity contribution in [2.24, 2.45) is 0 Å². The third-order valence-corrected chi connectivity index (χ3v) is 4.02. The molecule has 1 aromatic rings. The Morgan fingerprint density at radius 3 is 2.39 bits per heavy atom. The molecular weight excluding hydrogens is 220 g/mol.